The predicted octanol–water partition coefficient (Wildman–Crippen LogP) is 3.74. The number of nitrogens with one attached hydrogen (secondary N) is 12. The van der Waals surface area contributed by atoms with E-state index in [0.29, 0.717) is 77.6 Å². The Morgan fingerprint density at radius 2 is 1.28 bits per heavy atom. The lowest BCUT2D eigenvalue weighted by Crippen LogP contribution is -2.64. The topological polar surface area (TPSA) is 457 Å². The molecule has 5 rings (SSSR count). The largest absolute Gasteiger partial charge is 0.508 e. The van der Waals surface area contributed by atoms with Gasteiger partial charge < -0.3 is 84.5 Å². The number of phenols is 1. The number of H-pyrrole nitrogens is 1. The van der Waals surface area contributed by atoms with Crippen molar-refractivity contribution in [1.29, 1.82) is 0 Å². The van der Waals surface area contributed by atoms with Gasteiger partial charge in [0.2, 0.25) is 70.9 Å². The monoisotopic (exact) mass is 1520 g/mol. The summed E-state index contributed by atoms with van der Waals surface area (Å²) in [7, 11) is 0. The number of carbonyl (C=O) groups is 13. The maximum absolute atomic E-state index is 15.2. The van der Waals surface area contributed by atoms with Crippen LogP contribution >= 0.6 is 11.6 Å². The predicted molar refractivity (Wildman–Crippen MR) is 407 cm³/mol. The van der Waals surface area contributed by atoms with Gasteiger partial charge in [0.1, 0.15) is 65.2 Å². The molecule has 12 amide bonds. The van der Waals surface area contributed by atoms with E-state index < -0.39 is 161 Å². The fourth-order valence-corrected chi connectivity index (χ4v) is 12.8. The molecule has 0 saturated carbocycles. The first-order chi connectivity index (χ1) is 50.9. The maximum Gasteiger partial charge on any atom is 0.246 e. The second-order valence-electron chi connectivity index (χ2n) is 29.6. The van der Waals surface area contributed by atoms with Gasteiger partial charge in [-0.1, -0.05) is 119 Å². The number of allylic oxidation sites excluding steroid dienone is 2. The Hall–Kier alpha value is -9.74. The molecule has 1 aromatic heterocycles. The highest BCUT2D eigenvalue weighted by atomic mass is 35.5. The summed E-state index contributed by atoms with van der Waals surface area (Å²) in [5.74, 6) is -11.4. The number of aromatic hydroxyl groups is 1. The number of fused-ring (bicyclic) bond motifs is 1. The van der Waals surface area contributed by atoms with E-state index in [9.17, 15) is 58.5 Å². The molecule has 3 unspecified atom stereocenters. The number of halogens is 1. The first-order valence-electron chi connectivity index (χ1n) is 37.1. The number of carbonyl (C=O) groups excluding carboxylic acids is 13. The molecule has 592 valence electrons. The summed E-state index contributed by atoms with van der Waals surface area (Å²) in [6.45, 7) is 16.0. The van der Waals surface area contributed by atoms with Gasteiger partial charge in [-0.05, 0) is 152 Å². The normalized spacial score (nSPS) is 22.2. The van der Waals surface area contributed by atoms with Gasteiger partial charge in [0.05, 0.1) is 18.8 Å². The molecule has 2 heterocycles. The fraction of sp³-hybridized carbons (Fsp3) is 0.551. The number of aliphatic hydroxyl groups excluding tert-OH is 2. The van der Waals surface area contributed by atoms with Crippen molar-refractivity contribution < 1.29 is 77.6 Å². The molecule has 0 aliphatic carbocycles. The zero-order valence-electron chi connectivity index (χ0n) is 63.8. The average molecular weight is 1520 g/mol. The molecule has 3 aromatic carbocycles. The van der Waals surface area contributed by atoms with Crippen molar-refractivity contribution >= 4 is 99.2 Å². The molecule has 0 spiro atoms. The van der Waals surface area contributed by atoms with Gasteiger partial charge in [-0.2, -0.15) is 0 Å². The van der Waals surface area contributed by atoms with E-state index in [4.69, 9.17) is 17.3 Å². The van der Waals surface area contributed by atoms with Crippen LogP contribution in [0.25, 0.3) is 10.9 Å². The Morgan fingerprint density at radius 3 is 1.91 bits per heavy atom. The minimum Gasteiger partial charge on any atom is -0.508 e. The molecule has 0 bridgehead atoms. The number of aromatic amines is 1. The lowest BCUT2D eigenvalue weighted by Gasteiger charge is -2.33. The van der Waals surface area contributed by atoms with Crippen LogP contribution in [0.5, 0.6) is 5.75 Å². The van der Waals surface area contributed by atoms with Gasteiger partial charge in [0.25, 0.3) is 0 Å². The Morgan fingerprint density at radius 1 is 0.639 bits per heavy atom. The summed E-state index contributed by atoms with van der Waals surface area (Å²) in [5, 5.41) is 62.2. The van der Waals surface area contributed by atoms with Crippen molar-refractivity contribution in [2.45, 2.75) is 250 Å². The van der Waals surface area contributed by atoms with Gasteiger partial charge in [0.15, 0.2) is 5.78 Å². The van der Waals surface area contributed by atoms with E-state index in [2.05, 4.69) is 63.5 Å². The number of nitrogens with two attached hydrogens (primary N) is 1. The highest BCUT2D eigenvalue weighted by molar-refractivity contribution is 6.31. The fourth-order valence-electron chi connectivity index (χ4n) is 12.6. The number of hydrogen-bond donors (Lipinski definition) is 16. The van der Waals surface area contributed by atoms with Crippen LogP contribution in [0.1, 0.15) is 176 Å². The molecule has 0 fully saturated rings. The number of Topliss-reactive ketones (excluding diaryl/α,β-unsaturated/α-hetero) is 1. The zero-order valence-corrected chi connectivity index (χ0v) is 64.5. The molecule has 0 saturated heterocycles. The third kappa shape index (κ3) is 28.4. The Bertz CT molecular complexity index is 3790. The molecule has 0 radical (unpaired) electrons. The number of aliphatic hydroxyl groups is 2. The minimum atomic E-state index is -1.83. The summed E-state index contributed by atoms with van der Waals surface area (Å²) in [6.07, 6.45) is 7.07. The van der Waals surface area contributed by atoms with Crippen LogP contribution < -0.4 is 64.2 Å². The van der Waals surface area contributed by atoms with Crippen molar-refractivity contribution in [1.82, 2.24) is 63.5 Å². The third-order valence-electron chi connectivity index (χ3n) is 19.0. The second kappa shape index (κ2) is 42.7. The van der Waals surface area contributed by atoms with Crippen LogP contribution in [0.3, 0.4) is 0 Å². The first kappa shape index (κ1) is 88.9. The van der Waals surface area contributed by atoms with Crippen LogP contribution in [0, 0.1) is 17.8 Å². The third-order valence-corrected chi connectivity index (χ3v) is 19.2. The van der Waals surface area contributed by atoms with Crippen molar-refractivity contribution in [3.05, 3.63) is 113 Å². The van der Waals surface area contributed by atoms with E-state index in [1.807, 2.05) is 39.8 Å². The highest BCUT2D eigenvalue weighted by Crippen LogP contribution is 2.27. The van der Waals surface area contributed by atoms with E-state index in [0.717, 1.165) is 0 Å². The molecule has 13 atom stereocenters. The first-order valence-corrected chi connectivity index (χ1v) is 37.5. The van der Waals surface area contributed by atoms with E-state index >= 15 is 19.2 Å². The number of hydrogen-bond acceptors (Lipinski definition) is 16. The summed E-state index contributed by atoms with van der Waals surface area (Å²) in [6, 6.07) is 7.22. The summed E-state index contributed by atoms with van der Waals surface area (Å²) >= 11 is 6.38. The van der Waals surface area contributed by atoms with E-state index in [-0.39, 0.29) is 75.4 Å². The number of benzene rings is 3. The Labute approximate surface area is 636 Å². The van der Waals surface area contributed by atoms with Crippen molar-refractivity contribution in [2.75, 3.05) is 6.61 Å². The minimum absolute atomic E-state index is 0.000700. The molecule has 108 heavy (non-hydrogen) atoms. The Balaban J connectivity index is 1.56. The second-order valence-corrected chi connectivity index (χ2v) is 30.1. The zero-order chi connectivity index (χ0) is 80.2. The van der Waals surface area contributed by atoms with Crippen LogP contribution in [-0.2, 0) is 81.6 Å². The number of rotatable bonds is 26. The summed E-state index contributed by atoms with van der Waals surface area (Å²) < 4.78 is 0. The number of primary amides is 1. The lowest BCUT2D eigenvalue weighted by atomic mass is 9.87. The summed E-state index contributed by atoms with van der Waals surface area (Å²) in [4.78, 5) is 186. The Kier molecular flexibility index (Phi) is 35.2. The van der Waals surface area contributed by atoms with Crippen LogP contribution in [0.4, 0.5) is 0 Å². The quantitative estimate of drug-likeness (QED) is 0.0398. The molecule has 4 aromatic rings. The van der Waals surface area contributed by atoms with Crippen molar-refractivity contribution in [3.8, 4) is 5.75 Å². The number of phenolic OH excluding ortho intramolecular Hbond substituents is 1. The van der Waals surface area contributed by atoms with Gasteiger partial charge in [-0.3, -0.25) is 62.3 Å². The highest BCUT2D eigenvalue weighted by Gasteiger charge is 2.42. The molecule has 29 nitrogen and oxygen atoms in total. The standard InChI is InChI=1S/C78H112ClN13O16/c1-44(2)36-53-28-33-64(97)59(40-54-42-81-58-41-55(79)29-32-57(54)58)86-70(102)61(39-52-26-30-56(96)31-27-52)87-68(100)48(7)84-75(107)77(10,92-73(105)62(38-51-24-20-19-21-25-51)88-74(106)65(49(8)94)90-71(103)60(37-45(3)4)85-50(9)95)34-22-17-15-13-12-14-16-18-23-35-78(11,91-69(53)101)76(108)89-63(43-93)72(104)83-47(6)67(99)82-46(5)66(80)98/h14,16,19-21,24-27,29-32,41-42,44-49,53,59-63,65,81,93-94,96H,12-13,15,17-18,22-23,28,33-40,43H2,1-11H3,(H2,80,98)(H,82,99)(H,83,104)(H,84,107)(H,85,95)(H,86,102)(H,87,100)(H,88,106)(H,89,108)(H,90,103)(H,91,101)(H,92,105)/b16-14+/t46?,47-,48?,49+,53-,59-,60-,61-,62-,63?,65-,77+,78-/m0/s1. The maximum atomic E-state index is 15.2. The number of ketones is 1. The molecular weight excluding hydrogens is 1410 g/mol. The van der Waals surface area contributed by atoms with Gasteiger partial charge in [-0.15, -0.1) is 0 Å². The van der Waals surface area contributed by atoms with E-state index in [1.165, 1.54) is 72.7 Å². The van der Waals surface area contributed by atoms with Crippen molar-refractivity contribution in [3.63, 3.8) is 0 Å². The van der Waals surface area contributed by atoms with Crippen LogP contribution in [-0.4, -0.2) is 175 Å². The smallest absolute Gasteiger partial charge is 0.246 e. The molecule has 30 heteroatoms. The van der Waals surface area contributed by atoms with Crippen molar-refractivity contribution in [2.24, 2.45) is 23.5 Å². The number of aromatic nitrogens is 1. The van der Waals surface area contributed by atoms with Gasteiger partial charge in [0, 0.05) is 60.6 Å². The molecular formula is C78H112ClN13O16. The van der Waals surface area contributed by atoms with Gasteiger partial charge >= 0.3 is 0 Å². The number of amides is 12. The van der Waals surface area contributed by atoms with Crippen LogP contribution in [0.2, 0.25) is 5.02 Å². The molecule has 1 aliphatic heterocycles. The summed E-state index contributed by atoms with van der Waals surface area (Å²) in [5.41, 5.74) is 3.97. The SMILES string of the molecule is CC(=O)N[C@@H](CC(C)C)C(=O)N[C@H](C(=O)N[C@@H](Cc1ccccc1)C(=O)N[C@]1(C)CCCCCC/C=C/CCC[C@@](C)(C(=O)NC(CO)C(=O)N[C@@H](C)C(=O)NC(C)C(N)=O)NC(=O)[C@H](CC(C)C)CCC(=O)[C@H](Cc2c[nH]c3cc(Cl)ccc23)NC(=O)[C@H](Cc2ccc(O)cc2)NC(=O)C(C)NC1=O)[C@@H](C)O. The molecule has 17 N–H and O–H groups in total. The molecule has 1 aliphatic rings. The van der Waals surface area contributed by atoms with Crippen LogP contribution in [0.15, 0.2) is 91.1 Å². The average Bonchev–Trinajstić information content (AvgIpc) is 1.63. The van der Waals surface area contributed by atoms with Gasteiger partial charge in [-0.25, -0.2) is 0 Å². The lowest BCUT2D eigenvalue weighted by molar-refractivity contribution is -0.138. The van der Waals surface area contributed by atoms with E-state index in [1.54, 1.807) is 54.7 Å².